The number of nitrogens with zero attached hydrogens (tertiary/aromatic N) is 1. The molecule has 0 saturated heterocycles. The predicted molar refractivity (Wildman–Crippen MR) is 58.5 cm³/mol. The van der Waals surface area contributed by atoms with E-state index in [0.29, 0.717) is 5.75 Å². The van der Waals surface area contributed by atoms with Crippen LogP contribution in [0.25, 0.3) is 0 Å². The van der Waals surface area contributed by atoms with Gasteiger partial charge < -0.3 is 5.73 Å². The monoisotopic (exact) mass is 222 g/mol. The zero-order valence-electron chi connectivity index (χ0n) is 7.66. The van der Waals surface area contributed by atoms with Gasteiger partial charge in [0, 0.05) is 11.5 Å². The summed E-state index contributed by atoms with van der Waals surface area (Å²) in [6.07, 6.45) is 0. The van der Waals surface area contributed by atoms with Crippen molar-refractivity contribution in [3.63, 3.8) is 0 Å². The molecule has 4 N–H and O–H groups in total. The summed E-state index contributed by atoms with van der Waals surface area (Å²) in [5.41, 5.74) is 5.21. The maximum absolute atomic E-state index is 11.3. The normalized spacial score (nSPS) is 9.38. The van der Waals surface area contributed by atoms with Crippen molar-refractivity contribution in [3.05, 3.63) is 0 Å². The number of rotatable bonds is 4. The van der Waals surface area contributed by atoms with Crippen LogP contribution in [0.3, 0.4) is 0 Å². The summed E-state index contributed by atoms with van der Waals surface area (Å²) in [5, 5.41) is 7.13. The Hall–Kier alpha value is -0.560. The molecule has 0 atom stereocenters. The van der Waals surface area contributed by atoms with Gasteiger partial charge in [-0.2, -0.15) is 0 Å². The van der Waals surface area contributed by atoms with Gasteiger partial charge in [-0.15, -0.1) is 0 Å². The van der Waals surface area contributed by atoms with Crippen molar-refractivity contribution in [2.45, 2.75) is 13.8 Å². The zero-order chi connectivity index (χ0) is 10.3. The third kappa shape index (κ3) is 4.89. The molecule has 0 fully saturated rings. The highest BCUT2D eigenvalue weighted by molar-refractivity contribution is 7.99. The van der Waals surface area contributed by atoms with E-state index in [1.807, 2.05) is 13.8 Å². The van der Waals surface area contributed by atoms with Crippen molar-refractivity contribution in [2.75, 3.05) is 11.5 Å². The van der Waals surface area contributed by atoms with Crippen LogP contribution in [-0.4, -0.2) is 27.8 Å². The minimum atomic E-state index is -0.355. The lowest BCUT2D eigenvalue weighted by Gasteiger charge is -2.17. The highest BCUT2D eigenvalue weighted by atomic mass is 32.2. The summed E-state index contributed by atoms with van der Waals surface area (Å²) in [4.78, 5) is 11.3. The van der Waals surface area contributed by atoms with Crippen LogP contribution >= 0.6 is 23.9 Å². The maximum atomic E-state index is 11.3. The molecule has 0 aliphatic carbocycles. The van der Waals surface area contributed by atoms with Crippen LogP contribution in [0.4, 0.5) is 4.79 Å². The van der Waals surface area contributed by atoms with Crippen LogP contribution in [-0.2, 0) is 0 Å². The van der Waals surface area contributed by atoms with Crippen molar-refractivity contribution in [1.82, 2.24) is 9.03 Å². The van der Waals surface area contributed by atoms with Gasteiger partial charge in [0.15, 0.2) is 0 Å². The lowest BCUT2D eigenvalue weighted by molar-refractivity contribution is 0.241. The number of carbonyl (C=O) groups excluding carboxylic acids is 1. The summed E-state index contributed by atoms with van der Waals surface area (Å²) in [7, 11) is 0. The van der Waals surface area contributed by atoms with Gasteiger partial charge in [0.2, 0.25) is 5.96 Å². The number of nitrogens with one attached hydrogen (secondary N) is 2. The van der Waals surface area contributed by atoms with Gasteiger partial charge in [0.1, 0.15) is 0 Å². The Morgan fingerprint density at radius 1 is 1.54 bits per heavy atom. The van der Waals surface area contributed by atoms with Crippen LogP contribution in [0.5, 0.6) is 0 Å². The van der Waals surface area contributed by atoms with E-state index in [2.05, 4.69) is 4.72 Å². The quantitative estimate of drug-likeness (QED) is 0.379. The molecule has 0 aliphatic heterocycles. The lowest BCUT2D eigenvalue weighted by Crippen LogP contribution is -2.40. The third-order valence-electron chi connectivity index (χ3n) is 0.965. The van der Waals surface area contributed by atoms with E-state index in [1.54, 1.807) is 0 Å². The second-order valence-electron chi connectivity index (χ2n) is 1.94. The molecule has 2 amide bonds. The van der Waals surface area contributed by atoms with Gasteiger partial charge in [-0.25, -0.2) is 9.10 Å². The molecular weight excluding hydrogens is 208 g/mol. The van der Waals surface area contributed by atoms with E-state index < -0.39 is 0 Å². The standard InChI is InChI=1S/C6H14N4OS2/c1-3-12-9-6(11)10(5(7)8)13-4-2/h3-4H2,1-2H3,(H3,7,8)(H,9,11). The van der Waals surface area contributed by atoms with Crippen LogP contribution in [0.15, 0.2) is 0 Å². The number of hydrogen-bond acceptors (Lipinski definition) is 4. The molecule has 0 heterocycles. The first-order valence-electron chi connectivity index (χ1n) is 3.82. The largest absolute Gasteiger partial charge is 0.369 e. The average Bonchev–Trinajstić information content (AvgIpc) is 2.09. The van der Waals surface area contributed by atoms with E-state index in [-0.39, 0.29) is 12.0 Å². The van der Waals surface area contributed by atoms with Crippen LogP contribution < -0.4 is 10.5 Å². The molecule has 0 bridgehead atoms. The second-order valence-corrected chi connectivity index (χ2v) is 4.21. The summed E-state index contributed by atoms with van der Waals surface area (Å²) in [5.74, 6) is 1.24. The summed E-state index contributed by atoms with van der Waals surface area (Å²) >= 11 is 2.48. The Morgan fingerprint density at radius 3 is 2.54 bits per heavy atom. The van der Waals surface area contributed by atoms with E-state index in [9.17, 15) is 4.79 Å². The summed E-state index contributed by atoms with van der Waals surface area (Å²) in [6, 6.07) is -0.355. The number of guanidine groups is 1. The summed E-state index contributed by atoms with van der Waals surface area (Å²) < 4.78 is 3.69. The predicted octanol–water partition coefficient (Wildman–Crippen LogP) is 1.23. The molecule has 13 heavy (non-hydrogen) atoms. The average molecular weight is 222 g/mol. The fraction of sp³-hybridized carbons (Fsp3) is 0.667. The van der Waals surface area contributed by atoms with E-state index in [0.717, 1.165) is 10.1 Å². The lowest BCUT2D eigenvalue weighted by atomic mass is 10.9. The molecule has 0 radical (unpaired) electrons. The first-order valence-corrected chi connectivity index (χ1v) is 5.75. The molecule has 76 valence electrons. The van der Waals surface area contributed by atoms with Crippen LogP contribution in [0.1, 0.15) is 13.8 Å². The van der Waals surface area contributed by atoms with Crippen molar-refractivity contribution in [2.24, 2.45) is 5.73 Å². The zero-order valence-corrected chi connectivity index (χ0v) is 9.30. The number of urea groups is 1. The fourth-order valence-corrected chi connectivity index (χ4v) is 1.52. The molecule has 0 saturated carbocycles. The Bertz CT molecular complexity index is 187. The van der Waals surface area contributed by atoms with Crippen LogP contribution in [0, 0.1) is 5.41 Å². The maximum Gasteiger partial charge on any atom is 0.344 e. The van der Waals surface area contributed by atoms with Crippen LogP contribution in [0.2, 0.25) is 0 Å². The van der Waals surface area contributed by atoms with Gasteiger partial charge in [-0.3, -0.25) is 10.1 Å². The number of hydrogen-bond donors (Lipinski definition) is 3. The molecule has 0 rings (SSSR count). The Kier molecular flexibility index (Phi) is 6.61. The van der Waals surface area contributed by atoms with Crippen molar-refractivity contribution in [3.8, 4) is 0 Å². The molecule has 0 unspecified atom stereocenters. The van der Waals surface area contributed by atoms with E-state index >= 15 is 0 Å². The molecule has 7 heteroatoms. The van der Waals surface area contributed by atoms with Gasteiger partial charge in [-0.05, 0) is 23.9 Å². The minimum absolute atomic E-state index is 0.249. The van der Waals surface area contributed by atoms with E-state index in [1.165, 1.54) is 23.9 Å². The third-order valence-corrected chi connectivity index (χ3v) is 2.45. The van der Waals surface area contributed by atoms with Gasteiger partial charge >= 0.3 is 6.03 Å². The first kappa shape index (κ1) is 12.4. The summed E-state index contributed by atoms with van der Waals surface area (Å²) in [6.45, 7) is 3.82. The molecular formula is C6H14N4OS2. The number of amides is 2. The number of carbonyl (C=O) groups is 1. The number of nitrogens with two attached hydrogens (primary N) is 1. The highest BCUT2D eigenvalue weighted by Gasteiger charge is 2.15. The smallest absolute Gasteiger partial charge is 0.344 e. The van der Waals surface area contributed by atoms with Crippen molar-refractivity contribution in [1.29, 1.82) is 5.41 Å². The van der Waals surface area contributed by atoms with Gasteiger partial charge in [-0.1, -0.05) is 13.8 Å². The SMILES string of the molecule is CCSNC(=O)N(SCC)C(=N)N. The van der Waals surface area contributed by atoms with E-state index in [4.69, 9.17) is 11.1 Å². The molecule has 0 aromatic heterocycles. The molecule has 0 spiro atoms. The Labute approximate surface area is 86.6 Å². The Balaban J connectivity index is 4.03. The second kappa shape index (κ2) is 6.90. The molecule has 0 aromatic rings. The van der Waals surface area contributed by atoms with Gasteiger partial charge in [0.25, 0.3) is 0 Å². The molecule has 0 aromatic carbocycles. The Morgan fingerprint density at radius 2 is 2.15 bits per heavy atom. The topological polar surface area (TPSA) is 82.2 Å². The fourth-order valence-electron chi connectivity index (χ4n) is 0.542. The first-order chi connectivity index (χ1) is 6.13. The molecule has 0 aliphatic rings. The van der Waals surface area contributed by atoms with Crippen molar-refractivity contribution >= 4 is 35.9 Å². The van der Waals surface area contributed by atoms with Gasteiger partial charge in [0.05, 0.1) is 0 Å². The minimum Gasteiger partial charge on any atom is -0.369 e. The highest BCUT2D eigenvalue weighted by Crippen LogP contribution is 2.09. The molecule has 5 nitrogen and oxygen atoms in total. The van der Waals surface area contributed by atoms with Crippen molar-refractivity contribution < 1.29 is 4.79 Å².